The highest BCUT2D eigenvalue weighted by atomic mass is 16.1. The van der Waals surface area contributed by atoms with Crippen LogP contribution in [0.2, 0.25) is 0 Å². The average molecular weight is 354 g/mol. The molecule has 2 heterocycles. The molecule has 0 aliphatic rings. The lowest BCUT2D eigenvalue weighted by atomic mass is 10.1. The van der Waals surface area contributed by atoms with Gasteiger partial charge in [-0.15, -0.1) is 5.10 Å². The Morgan fingerprint density at radius 3 is 2.52 bits per heavy atom. The molecule has 0 bridgehead atoms. The molecule has 0 radical (unpaired) electrons. The van der Waals surface area contributed by atoms with E-state index in [-0.39, 0.29) is 0 Å². The van der Waals surface area contributed by atoms with Crippen LogP contribution in [0.25, 0.3) is 16.8 Å². The zero-order valence-electron chi connectivity index (χ0n) is 14.1. The second-order valence-electron chi connectivity index (χ2n) is 5.88. The minimum Gasteiger partial charge on any atom is -0.366 e. The van der Waals surface area contributed by atoms with Crippen molar-refractivity contribution in [1.29, 1.82) is 5.26 Å². The number of anilines is 2. The number of rotatable bonds is 4. The van der Waals surface area contributed by atoms with Crippen LogP contribution in [0.3, 0.4) is 0 Å². The molecule has 2 aromatic carbocycles. The largest absolute Gasteiger partial charge is 0.366 e. The van der Waals surface area contributed by atoms with Crippen molar-refractivity contribution in [3.8, 4) is 17.2 Å². The van der Waals surface area contributed by atoms with Crippen molar-refractivity contribution in [3.05, 3.63) is 78.0 Å². The van der Waals surface area contributed by atoms with E-state index in [1.165, 1.54) is 0 Å². The number of pyridine rings is 1. The van der Waals surface area contributed by atoms with E-state index in [2.05, 4.69) is 21.5 Å². The van der Waals surface area contributed by atoms with Crippen molar-refractivity contribution in [3.63, 3.8) is 0 Å². The van der Waals surface area contributed by atoms with E-state index in [4.69, 9.17) is 5.73 Å². The van der Waals surface area contributed by atoms with Crippen LogP contribution in [0.1, 0.15) is 15.9 Å². The van der Waals surface area contributed by atoms with Gasteiger partial charge in [0.15, 0.2) is 5.65 Å². The summed E-state index contributed by atoms with van der Waals surface area (Å²) in [5.74, 6) is -0.0550. The number of nitriles is 1. The fourth-order valence-electron chi connectivity index (χ4n) is 2.74. The van der Waals surface area contributed by atoms with E-state index in [0.717, 1.165) is 11.1 Å². The van der Waals surface area contributed by atoms with Crippen LogP contribution < -0.4 is 11.1 Å². The van der Waals surface area contributed by atoms with Crippen molar-refractivity contribution in [2.45, 2.75) is 0 Å². The maximum absolute atomic E-state index is 11.2. The molecule has 2 aromatic heterocycles. The van der Waals surface area contributed by atoms with Crippen molar-refractivity contribution >= 4 is 23.2 Å². The lowest BCUT2D eigenvalue weighted by Gasteiger charge is -2.03. The normalized spacial score (nSPS) is 10.5. The quantitative estimate of drug-likeness (QED) is 0.585. The monoisotopic (exact) mass is 354 g/mol. The average Bonchev–Trinajstić information content (AvgIpc) is 3.10. The van der Waals surface area contributed by atoms with Crippen LogP contribution in [-0.4, -0.2) is 20.5 Å². The Kier molecular flexibility index (Phi) is 3.99. The Bertz CT molecular complexity index is 1190. The fourth-order valence-corrected chi connectivity index (χ4v) is 2.74. The van der Waals surface area contributed by atoms with Gasteiger partial charge in [-0.1, -0.05) is 24.3 Å². The lowest BCUT2D eigenvalue weighted by molar-refractivity contribution is 0.100. The van der Waals surface area contributed by atoms with Crippen LogP contribution >= 0.6 is 0 Å². The highest BCUT2D eigenvalue weighted by Crippen LogP contribution is 2.22. The molecule has 0 saturated heterocycles. The number of primary amides is 1. The first-order chi connectivity index (χ1) is 13.1. The molecular formula is C20H14N6O. The smallest absolute Gasteiger partial charge is 0.248 e. The molecule has 4 rings (SSSR count). The fraction of sp³-hybridized carbons (Fsp3) is 0. The summed E-state index contributed by atoms with van der Waals surface area (Å²) in [6.07, 6.45) is 1.85. The molecule has 0 aliphatic carbocycles. The molecule has 0 atom stereocenters. The van der Waals surface area contributed by atoms with Crippen molar-refractivity contribution in [2.24, 2.45) is 5.73 Å². The minimum absolute atomic E-state index is 0.402. The summed E-state index contributed by atoms with van der Waals surface area (Å²) < 4.78 is 1.66. The number of hydrogen-bond donors (Lipinski definition) is 2. The zero-order valence-corrected chi connectivity index (χ0v) is 14.1. The molecule has 27 heavy (non-hydrogen) atoms. The molecule has 7 heteroatoms. The molecule has 3 N–H and O–H groups in total. The van der Waals surface area contributed by atoms with Gasteiger partial charge in [-0.25, -0.2) is 4.52 Å². The third-order valence-corrected chi connectivity index (χ3v) is 4.13. The second-order valence-corrected chi connectivity index (χ2v) is 5.88. The maximum atomic E-state index is 11.2. The van der Waals surface area contributed by atoms with Gasteiger partial charge in [0.05, 0.1) is 11.3 Å². The number of carbonyl (C=O) groups excluding carboxylic acids is 1. The number of amides is 1. The standard InChI is InChI=1S/C20H14N6O/c21-11-15-3-1-2-4-17(15)23-20-24-18-10-9-16(12-26(18)25-20)13-5-7-14(8-6-13)19(22)27/h1-10,12H,(H2,22,27)(H,23,25). The summed E-state index contributed by atoms with van der Waals surface area (Å²) in [5, 5.41) is 16.7. The summed E-state index contributed by atoms with van der Waals surface area (Å²) in [6.45, 7) is 0. The van der Waals surface area contributed by atoms with Gasteiger partial charge in [-0.05, 0) is 42.0 Å². The Balaban J connectivity index is 1.66. The third-order valence-electron chi connectivity index (χ3n) is 4.13. The molecule has 0 fully saturated rings. The summed E-state index contributed by atoms with van der Waals surface area (Å²) >= 11 is 0. The van der Waals surface area contributed by atoms with Crippen molar-refractivity contribution in [2.75, 3.05) is 5.32 Å². The molecular weight excluding hydrogens is 340 g/mol. The predicted molar refractivity (Wildman–Crippen MR) is 101 cm³/mol. The number of fused-ring (bicyclic) bond motifs is 1. The molecule has 130 valence electrons. The summed E-state index contributed by atoms with van der Waals surface area (Å²) in [7, 11) is 0. The minimum atomic E-state index is -0.457. The maximum Gasteiger partial charge on any atom is 0.248 e. The SMILES string of the molecule is N#Cc1ccccc1Nc1nc2ccc(-c3ccc(C(N)=O)cc3)cn2n1. The van der Waals surface area contributed by atoms with Crippen molar-refractivity contribution < 1.29 is 4.79 Å². The Hall–Kier alpha value is -4.18. The van der Waals surface area contributed by atoms with E-state index in [9.17, 15) is 10.1 Å². The van der Waals surface area contributed by atoms with Crippen LogP contribution in [0, 0.1) is 11.3 Å². The summed E-state index contributed by atoms with van der Waals surface area (Å²) in [4.78, 5) is 15.6. The molecule has 0 aliphatic heterocycles. The molecule has 7 nitrogen and oxygen atoms in total. The number of benzene rings is 2. The third kappa shape index (κ3) is 3.19. The number of nitrogens with two attached hydrogens (primary N) is 1. The molecule has 0 unspecified atom stereocenters. The van der Waals surface area contributed by atoms with E-state index in [0.29, 0.717) is 28.4 Å². The van der Waals surface area contributed by atoms with Gasteiger partial charge >= 0.3 is 0 Å². The number of nitrogens with zero attached hydrogens (tertiary/aromatic N) is 4. The summed E-state index contributed by atoms with van der Waals surface area (Å²) in [6, 6.07) is 20.1. The van der Waals surface area contributed by atoms with E-state index in [1.807, 2.05) is 36.5 Å². The number of para-hydroxylation sites is 1. The van der Waals surface area contributed by atoms with Crippen molar-refractivity contribution in [1.82, 2.24) is 14.6 Å². The van der Waals surface area contributed by atoms with Gasteiger partial charge in [0.25, 0.3) is 0 Å². The van der Waals surface area contributed by atoms with Gasteiger partial charge in [-0.2, -0.15) is 10.2 Å². The molecule has 4 aromatic rings. The Labute approximate surface area is 154 Å². The van der Waals surface area contributed by atoms with E-state index < -0.39 is 5.91 Å². The highest BCUT2D eigenvalue weighted by molar-refractivity contribution is 5.93. The van der Waals surface area contributed by atoms with E-state index in [1.54, 1.807) is 34.8 Å². The first-order valence-electron chi connectivity index (χ1n) is 8.17. The first kappa shape index (κ1) is 16.3. The number of hydrogen-bond acceptors (Lipinski definition) is 5. The van der Waals surface area contributed by atoms with Gasteiger partial charge < -0.3 is 11.1 Å². The second kappa shape index (κ2) is 6.61. The van der Waals surface area contributed by atoms with Gasteiger partial charge in [0.1, 0.15) is 6.07 Å². The van der Waals surface area contributed by atoms with Crippen LogP contribution in [-0.2, 0) is 0 Å². The predicted octanol–water partition coefficient (Wildman–Crippen LogP) is 3.11. The first-order valence-corrected chi connectivity index (χ1v) is 8.17. The molecule has 0 saturated carbocycles. The molecule has 1 amide bonds. The van der Waals surface area contributed by atoms with Gasteiger partial charge in [0, 0.05) is 17.3 Å². The Morgan fingerprint density at radius 1 is 1.04 bits per heavy atom. The van der Waals surface area contributed by atoms with E-state index >= 15 is 0 Å². The number of aromatic nitrogens is 3. The topological polar surface area (TPSA) is 109 Å². The summed E-state index contributed by atoms with van der Waals surface area (Å²) in [5.41, 5.74) is 9.43. The number of carbonyl (C=O) groups is 1. The van der Waals surface area contributed by atoms with Gasteiger partial charge in [-0.3, -0.25) is 4.79 Å². The molecule has 0 spiro atoms. The Morgan fingerprint density at radius 2 is 1.78 bits per heavy atom. The van der Waals surface area contributed by atoms with Crippen LogP contribution in [0.4, 0.5) is 11.6 Å². The number of nitrogens with one attached hydrogen (secondary N) is 1. The highest BCUT2D eigenvalue weighted by Gasteiger charge is 2.08. The zero-order chi connectivity index (χ0) is 18.8. The van der Waals surface area contributed by atoms with Crippen LogP contribution in [0.15, 0.2) is 66.9 Å². The van der Waals surface area contributed by atoms with Crippen LogP contribution in [0.5, 0.6) is 0 Å². The van der Waals surface area contributed by atoms with Gasteiger partial charge in [0.2, 0.25) is 11.9 Å². The lowest BCUT2D eigenvalue weighted by Crippen LogP contribution is -2.10.